The molecule has 0 fully saturated rings. The van der Waals surface area contributed by atoms with E-state index in [1.165, 1.54) is 5.56 Å². The summed E-state index contributed by atoms with van der Waals surface area (Å²) in [6, 6.07) is 21.0. The Hall–Kier alpha value is -3.11. The van der Waals surface area contributed by atoms with Gasteiger partial charge in [0.25, 0.3) is 5.91 Å². The first-order chi connectivity index (χ1) is 13.5. The van der Waals surface area contributed by atoms with Crippen LogP contribution in [0, 0.1) is 13.8 Å². The molecule has 0 aliphatic rings. The summed E-state index contributed by atoms with van der Waals surface area (Å²) in [5.41, 5.74) is 7.07. The van der Waals surface area contributed by atoms with Crippen LogP contribution in [0.2, 0.25) is 5.02 Å². The Kier molecular flexibility index (Phi) is 6.45. The summed E-state index contributed by atoms with van der Waals surface area (Å²) < 4.78 is 5.78. The van der Waals surface area contributed by atoms with E-state index in [1.54, 1.807) is 18.3 Å². The maximum Gasteiger partial charge on any atom is 0.272 e. The van der Waals surface area contributed by atoms with Gasteiger partial charge in [-0.3, -0.25) is 4.79 Å². The molecule has 0 atom stereocenters. The molecule has 0 spiro atoms. The topological polar surface area (TPSA) is 50.7 Å². The van der Waals surface area contributed by atoms with E-state index < -0.39 is 0 Å². The number of aryl methyl sites for hydroxylation is 2. The van der Waals surface area contributed by atoms with Gasteiger partial charge in [-0.15, -0.1) is 0 Å². The van der Waals surface area contributed by atoms with Crippen LogP contribution in [-0.2, 0) is 6.61 Å². The van der Waals surface area contributed by atoms with Gasteiger partial charge >= 0.3 is 0 Å². The van der Waals surface area contributed by atoms with E-state index in [-0.39, 0.29) is 5.91 Å². The SMILES string of the molecule is Cc1ccc(COc2ccc(/C=N\NC(=O)c3ccc(C)cc3Cl)cc2)cc1. The molecule has 142 valence electrons. The first kappa shape index (κ1) is 19.6. The van der Waals surface area contributed by atoms with E-state index in [4.69, 9.17) is 16.3 Å². The maximum absolute atomic E-state index is 12.1. The minimum atomic E-state index is -0.348. The van der Waals surface area contributed by atoms with Crippen LogP contribution in [0.15, 0.2) is 71.8 Å². The van der Waals surface area contributed by atoms with Crippen molar-refractivity contribution in [2.75, 3.05) is 0 Å². The lowest BCUT2D eigenvalue weighted by Crippen LogP contribution is -2.18. The van der Waals surface area contributed by atoms with Gasteiger partial charge in [-0.2, -0.15) is 5.10 Å². The summed E-state index contributed by atoms with van der Waals surface area (Å²) in [6.07, 6.45) is 1.57. The Morgan fingerprint density at radius 1 is 1.00 bits per heavy atom. The predicted molar refractivity (Wildman–Crippen MR) is 113 cm³/mol. The van der Waals surface area contributed by atoms with E-state index in [9.17, 15) is 4.79 Å². The smallest absolute Gasteiger partial charge is 0.272 e. The third kappa shape index (κ3) is 5.44. The zero-order chi connectivity index (χ0) is 19.9. The fourth-order valence-electron chi connectivity index (χ4n) is 2.53. The number of halogens is 1. The lowest BCUT2D eigenvalue weighted by atomic mass is 10.1. The molecule has 0 aliphatic heterocycles. The van der Waals surface area contributed by atoms with Gasteiger partial charge in [-0.05, 0) is 66.9 Å². The van der Waals surface area contributed by atoms with E-state index in [0.29, 0.717) is 17.2 Å². The Morgan fingerprint density at radius 2 is 1.68 bits per heavy atom. The molecule has 1 amide bonds. The number of carbonyl (C=O) groups excluding carboxylic acids is 1. The highest BCUT2D eigenvalue weighted by Gasteiger charge is 2.09. The van der Waals surface area contributed by atoms with Gasteiger partial charge < -0.3 is 4.74 Å². The summed E-state index contributed by atoms with van der Waals surface area (Å²) in [5.74, 6) is 0.424. The minimum absolute atomic E-state index is 0.348. The summed E-state index contributed by atoms with van der Waals surface area (Å²) in [4.78, 5) is 12.1. The van der Waals surface area contributed by atoms with Crippen LogP contribution < -0.4 is 10.2 Å². The summed E-state index contributed by atoms with van der Waals surface area (Å²) in [6.45, 7) is 4.49. The van der Waals surface area contributed by atoms with Crippen molar-refractivity contribution in [3.63, 3.8) is 0 Å². The molecule has 3 aromatic rings. The predicted octanol–water partition coefficient (Wildman–Crippen LogP) is 5.30. The van der Waals surface area contributed by atoms with Crippen LogP contribution in [0.3, 0.4) is 0 Å². The van der Waals surface area contributed by atoms with E-state index in [0.717, 1.165) is 22.4 Å². The van der Waals surface area contributed by atoms with Crippen LogP contribution in [0.4, 0.5) is 0 Å². The highest BCUT2D eigenvalue weighted by molar-refractivity contribution is 6.33. The number of nitrogens with one attached hydrogen (secondary N) is 1. The number of hydrogen-bond acceptors (Lipinski definition) is 3. The zero-order valence-electron chi connectivity index (χ0n) is 15.8. The number of hydrazone groups is 1. The van der Waals surface area contributed by atoms with Gasteiger partial charge in [0, 0.05) is 0 Å². The average Bonchev–Trinajstić information content (AvgIpc) is 2.68. The number of nitrogens with zero attached hydrogens (tertiary/aromatic N) is 1. The maximum atomic E-state index is 12.1. The number of hydrogen-bond donors (Lipinski definition) is 1. The molecule has 3 aromatic carbocycles. The number of ether oxygens (including phenoxy) is 1. The van der Waals surface area contributed by atoms with E-state index >= 15 is 0 Å². The molecule has 5 heteroatoms. The van der Waals surface area contributed by atoms with Gasteiger partial charge in [0.2, 0.25) is 0 Å². The molecule has 0 heterocycles. The van der Waals surface area contributed by atoms with Crippen molar-refractivity contribution in [1.29, 1.82) is 0 Å². The molecule has 28 heavy (non-hydrogen) atoms. The summed E-state index contributed by atoms with van der Waals surface area (Å²) in [7, 11) is 0. The fourth-order valence-corrected chi connectivity index (χ4v) is 2.85. The number of amides is 1. The molecule has 1 N–H and O–H groups in total. The van der Waals surface area contributed by atoms with Crippen LogP contribution in [0.1, 0.15) is 32.6 Å². The highest BCUT2D eigenvalue weighted by atomic mass is 35.5. The van der Waals surface area contributed by atoms with Crippen LogP contribution in [0.25, 0.3) is 0 Å². The second-order valence-electron chi connectivity index (χ2n) is 6.53. The van der Waals surface area contributed by atoms with Gasteiger partial charge in [0.1, 0.15) is 12.4 Å². The monoisotopic (exact) mass is 392 g/mol. The lowest BCUT2D eigenvalue weighted by molar-refractivity contribution is 0.0955. The molecule has 0 aliphatic carbocycles. The molecular weight excluding hydrogens is 372 g/mol. The Bertz CT molecular complexity index is 980. The lowest BCUT2D eigenvalue weighted by Gasteiger charge is -2.07. The van der Waals surface area contributed by atoms with Crippen molar-refractivity contribution >= 4 is 23.7 Å². The highest BCUT2D eigenvalue weighted by Crippen LogP contribution is 2.17. The molecule has 4 nitrogen and oxygen atoms in total. The van der Waals surface area contributed by atoms with Gasteiger partial charge in [0.15, 0.2) is 0 Å². The van der Waals surface area contributed by atoms with Crippen molar-refractivity contribution in [3.05, 3.63) is 99.6 Å². The van der Waals surface area contributed by atoms with Gasteiger partial charge in [-0.25, -0.2) is 5.43 Å². The fraction of sp³-hybridized carbons (Fsp3) is 0.130. The quantitative estimate of drug-likeness (QED) is 0.457. The van der Waals surface area contributed by atoms with Gasteiger partial charge in [-0.1, -0.05) is 47.5 Å². The van der Waals surface area contributed by atoms with Crippen LogP contribution in [0.5, 0.6) is 5.75 Å². The Balaban J connectivity index is 1.53. The molecule has 0 saturated carbocycles. The molecule has 0 saturated heterocycles. The van der Waals surface area contributed by atoms with E-state index in [2.05, 4.69) is 41.7 Å². The summed E-state index contributed by atoms with van der Waals surface area (Å²) >= 11 is 6.09. The number of carbonyl (C=O) groups is 1. The van der Waals surface area contributed by atoms with Crippen molar-refractivity contribution < 1.29 is 9.53 Å². The van der Waals surface area contributed by atoms with Crippen LogP contribution in [-0.4, -0.2) is 12.1 Å². The number of rotatable bonds is 6. The Morgan fingerprint density at radius 3 is 2.36 bits per heavy atom. The third-order valence-corrected chi connectivity index (χ3v) is 4.47. The van der Waals surface area contributed by atoms with Crippen molar-refractivity contribution in [3.8, 4) is 5.75 Å². The van der Waals surface area contributed by atoms with Crippen molar-refractivity contribution in [2.45, 2.75) is 20.5 Å². The second-order valence-corrected chi connectivity index (χ2v) is 6.93. The molecule has 0 radical (unpaired) electrons. The average molecular weight is 393 g/mol. The van der Waals surface area contributed by atoms with E-state index in [1.807, 2.05) is 37.3 Å². The number of benzene rings is 3. The minimum Gasteiger partial charge on any atom is -0.489 e. The molecular formula is C23H21ClN2O2. The Labute approximate surface area is 169 Å². The second kappa shape index (κ2) is 9.20. The largest absolute Gasteiger partial charge is 0.489 e. The standard InChI is InChI=1S/C23H21ClN2O2/c1-16-3-6-19(7-4-16)15-28-20-10-8-18(9-11-20)14-25-26-23(27)21-12-5-17(2)13-22(21)24/h3-14H,15H2,1-2H3,(H,26,27)/b25-14-. The zero-order valence-corrected chi connectivity index (χ0v) is 16.5. The summed E-state index contributed by atoms with van der Waals surface area (Å²) in [5, 5.41) is 4.39. The van der Waals surface area contributed by atoms with Crippen molar-refractivity contribution in [2.24, 2.45) is 5.10 Å². The third-order valence-electron chi connectivity index (χ3n) is 4.16. The molecule has 3 rings (SSSR count). The first-order valence-corrected chi connectivity index (χ1v) is 9.27. The van der Waals surface area contributed by atoms with Crippen LogP contribution >= 0.6 is 11.6 Å². The van der Waals surface area contributed by atoms with Crippen molar-refractivity contribution in [1.82, 2.24) is 5.43 Å². The van der Waals surface area contributed by atoms with Gasteiger partial charge in [0.05, 0.1) is 16.8 Å². The first-order valence-electron chi connectivity index (χ1n) is 8.89. The normalized spacial score (nSPS) is 10.8. The molecule has 0 aromatic heterocycles. The molecule has 0 unspecified atom stereocenters. The molecule has 0 bridgehead atoms.